The van der Waals surface area contributed by atoms with Crippen LogP contribution in [0.4, 0.5) is 5.69 Å². The van der Waals surface area contributed by atoms with Gasteiger partial charge in [0.05, 0.1) is 25.4 Å². The predicted octanol–water partition coefficient (Wildman–Crippen LogP) is -2.12. The number of hydrogen-bond acceptors (Lipinski definition) is 8. The Morgan fingerprint density at radius 2 is 2.22 bits per heavy atom. The van der Waals surface area contributed by atoms with Gasteiger partial charge in [0.25, 0.3) is 5.56 Å². The number of carbonyl (C=O) groups is 1. The topological polar surface area (TPSA) is 155 Å². The van der Waals surface area contributed by atoms with Crippen LogP contribution < -0.4 is 21.9 Å². The number of nitrogens with zero attached hydrogens (tertiary/aromatic N) is 1. The molecular formula is C16H24N4O7. The van der Waals surface area contributed by atoms with E-state index in [0.29, 0.717) is 19.6 Å². The number of nitrogens with one attached hydrogen (secondary N) is 3. The monoisotopic (exact) mass is 384 g/mol. The molecule has 2 unspecified atom stereocenters. The van der Waals surface area contributed by atoms with Crippen molar-refractivity contribution in [2.75, 3.05) is 31.6 Å². The molecule has 11 heteroatoms. The first-order valence-corrected chi connectivity index (χ1v) is 8.90. The lowest BCUT2D eigenvalue weighted by Crippen LogP contribution is -2.39. The standard InChI is InChI=1S/C16H24N4O7/c21-8-12-11(22)5-14(27-12)20-7-10(15(24)19-16(20)25)18-13(23)2-1-9-6-17-3-4-26-9/h7,9,11-12,14,17,21-22H,1-6,8H2,(H,18,23)(H,19,24,25)/t9?,11?,12-,14-/m0/s1. The third-order valence-electron chi connectivity index (χ3n) is 4.63. The number of hydrogen-bond donors (Lipinski definition) is 5. The number of aliphatic hydroxyl groups excluding tert-OH is 2. The summed E-state index contributed by atoms with van der Waals surface area (Å²) < 4.78 is 12.0. The molecule has 3 heterocycles. The number of morpholine rings is 1. The molecule has 1 aromatic rings. The quantitative estimate of drug-likeness (QED) is 0.373. The largest absolute Gasteiger partial charge is 0.394 e. The number of aromatic amines is 1. The van der Waals surface area contributed by atoms with Crippen molar-refractivity contribution >= 4 is 11.6 Å². The van der Waals surface area contributed by atoms with Crippen molar-refractivity contribution in [3.8, 4) is 0 Å². The second-order valence-electron chi connectivity index (χ2n) is 6.61. The van der Waals surface area contributed by atoms with Gasteiger partial charge in [0.15, 0.2) is 0 Å². The fourth-order valence-electron chi connectivity index (χ4n) is 3.15. The molecule has 1 aromatic heterocycles. The minimum absolute atomic E-state index is 0.0551. The van der Waals surface area contributed by atoms with Crippen LogP contribution in [-0.2, 0) is 14.3 Å². The van der Waals surface area contributed by atoms with E-state index in [-0.39, 0.29) is 30.5 Å². The van der Waals surface area contributed by atoms with Crippen molar-refractivity contribution in [2.24, 2.45) is 0 Å². The van der Waals surface area contributed by atoms with Gasteiger partial charge >= 0.3 is 5.69 Å². The molecule has 0 aromatic carbocycles. The summed E-state index contributed by atoms with van der Waals surface area (Å²) in [7, 11) is 0. The normalized spacial score (nSPS) is 28.2. The van der Waals surface area contributed by atoms with Crippen LogP contribution in [0.5, 0.6) is 0 Å². The van der Waals surface area contributed by atoms with Gasteiger partial charge in [-0.15, -0.1) is 0 Å². The molecule has 2 saturated heterocycles. The number of aliphatic hydroxyl groups is 2. The lowest BCUT2D eigenvalue weighted by molar-refractivity contribution is -0.117. The van der Waals surface area contributed by atoms with Gasteiger partial charge in [0, 0.05) is 32.1 Å². The third-order valence-corrected chi connectivity index (χ3v) is 4.63. The van der Waals surface area contributed by atoms with Crippen molar-refractivity contribution in [1.29, 1.82) is 0 Å². The molecule has 0 spiro atoms. The fourth-order valence-corrected chi connectivity index (χ4v) is 3.15. The highest BCUT2D eigenvalue weighted by atomic mass is 16.5. The highest BCUT2D eigenvalue weighted by Crippen LogP contribution is 2.27. The lowest BCUT2D eigenvalue weighted by Gasteiger charge is -2.23. The number of anilines is 1. The predicted molar refractivity (Wildman–Crippen MR) is 93.4 cm³/mol. The number of amides is 1. The maximum Gasteiger partial charge on any atom is 0.330 e. The summed E-state index contributed by atoms with van der Waals surface area (Å²) in [5, 5.41) is 24.6. The molecule has 2 fully saturated rings. The van der Waals surface area contributed by atoms with Crippen molar-refractivity contribution in [2.45, 2.75) is 43.8 Å². The average Bonchev–Trinajstić information content (AvgIpc) is 3.03. The van der Waals surface area contributed by atoms with E-state index in [1.54, 1.807) is 0 Å². The van der Waals surface area contributed by atoms with Crippen molar-refractivity contribution in [3.63, 3.8) is 0 Å². The highest BCUT2D eigenvalue weighted by Gasteiger charge is 2.35. The Hall–Kier alpha value is -2.05. The third kappa shape index (κ3) is 4.82. The first-order chi connectivity index (χ1) is 13.0. The molecule has 2 aliphatic heterocycles. The number of carbonyl (C=O) groups excluding carboxylic acids is 1. The van der Waals surface area contributed by atoms with Gasteiger partial charge in [0.2, 0.25) is 5.91 Å². The summed E-state index contributed by atoms with van der Waals surface area (Å²) >= 11 is 0. The zero-order chi connectivity index (χ0) is 19.4. The lowest BCUT2D eigenvalue weighted by atomic mass is 10.1. The van der Waals surface area contributed by atoms with Crippen molar-refractivity contribution < 1.29 is 24.5 Å². The Morgan fingerprint density at radius 3 is 2.89 bits per heavy atom. The minimum Gasteiger partial charge on any atom is -0.394 e. The van der Waals surface area contributed by atoms with Gasteiger partial charge in [0.1, 0.15) is 18.0 Å². The van der Waals surface area contributed by atoms with Gasteiger partial charge in [-0.2, -0.15) is 0 Å². The molecule has 3 rings (SSSR count). The molecular weight excluding hydrogens is 360 g/mol. The molecule has 0 saturated carbocycles. The van der Waals surface area contributed by atoms with Crippen LogP contribution in [0.1, 0.15) is 25.5 Å². The maximum absolute atomic E-state index is 12.1. The summed E-state index contributed by atoms with van der Waals surface area (Å²) in [4.78, 5) is 38.3. The maximum atomic E-state index is 12.1. The smallest absolute Gasteiger partial charge is 0.330 e. The van der Waals surface area contributed by atoms with Gasteiger partial charge in [-0.05, 0) is 6.42 Å². The molecule has 1 amide bonds. The Morgan fingerprint density at radius 1 is 1.41 bits per heavy atom. The molecule has 150 valence electrons. The van der Waals surface area contributed by atoms with Crippen molar-refractivity contribution in [3.05, 3.63) is 27.0 Å². The molecule has 27 heavy (non-hydrogen) atoms. The van der Waals surface area contributed by atoms with Gasteiger partial charge in [-0.3, -0.25) is 19.1 Å². The Bertz CT molecular complexity index is 771. The number of rotatable bonds is 6. The molecule has 0 radical (unpaired) electrons. The first kappa shape index (κ1) is 19.7. The highest BCUT2D eigenvalue weighted by molar-refractivity contribution is 5.90. The van der Waals surface area contributed by atoms with Gasteiger partial charge in [-0.25, -0.2) is 4.79 Å². The van der Waals surface area contributed by atoms with E-state index >= 15 is 0 Å². The van der Waals surface area contributed by atoms with E-state index in [1.807, 2.05) is 0 Å². The van der Waals surface area contributed by atoms with E-state index in [4.69, 9.17) is 14.6 Å². The van der Waals surface area contributed by atoms with Crippen LogP contribution in [0.15, 0.2) is 15.8 Å². The summed E-state index contributed by atoms with van der Waals surface area (Å²) in [6.07, 6.45) is -0.704. The minimum atomic E-state index is -0.930. The molecule has 0 aliphatic carbocycles. The average molecular weight is 384 g/mol. The van der Waals surface area contributed by atoms with Crippen LogP contribution in [0.25, 0.3) is 0 Å². The van der Waals surface area contributed by atoms with Crippen LogP contribution in [0.2, 0.25) is 0 Å². The zero-order valence-corrected chi connectivity index (χ0v) is 14.7. The van der Waals surface area contributed by atoms with E-state index in [9.17, 15) is 19.5 Å². The number of H-pyrrole nitrogens is 1. The van der Waals surface area contributed by atoms with E-state index in [0.717, 1.165) is 11.1 Å². The molecule has 11 nitrogen and oxygen atoms in total. The summed E-state index contributed by atoms with van der Waals surface area (Å²) in [5.41, 5.74) is -1.54. The van der Waals surface area contributed by atoms with Crippen LogP contribution in [-0.4, -0.2) is 70.3 Å². The second kappa shape index (κ2) is 8.76. The van der Waals surface area contributed by atoms with Crippen molar-refractivity contribution in [1.82, 2.24) is 14.9 Å². The van der Waals surface area contributed by atoms with E-state index < -0.39 is 36.3 Å². The fraction of sp³-hybridized carbons (Fsp3) is 0.688. The summed E-state index contributed by atoms with van der Waals surface area (Å²) in [6.45, 7) is 1.66. The zero-order valence-electron chi connectivity index (χ0n) is 14.7. The first-order valence-electron chi connectivity index (χ1n) is 8.90. The van der Waals surface area contributed by atoms with Crippen LogP contribution >= 0.6 is 0 Å². The second-order valence-corrected chi connectivity index (χ2v) is 6.61. The number of aromatic nitrogens is 2. The summed E-state index contributed by atoms with van der Waals surface area (Å²) in [5.74, 6) is -0.375. The van der Waals surface area contributed by atoms with E-state index in [1.165, 1.54) is 6.20 Å². The van der Waals surface area contributed by atoms with Gasteiger partial charge < -0.3 is 30.3 Å². The SMILES string of the molecule is O=C(CCC1CNCCO1)Nc1cn([C@@H]2CC(O)[C@H](CO)O2)c(=O)[nH]c1=O. The molecule has 2 aliphatic rings. The molecule has 4 atom stereocenters. The Labute approximate surface area is 154 Å². The van der Waals surface area contributed by atoms with E-state index in [2.05, 4.69) is 15.6 Å². The van der Waals surface area contributed by atoms with Crippen LogP contribution in [0.3, 0.4) is 0 Å². The summed E-state index contributed by atoms with van der Waals surface area (Å²) in [6, 6.07) is 0. The van der Waals surface area contributed by atoms with Gasteiger partial charge in [-0.1, -0.05) is 0 Å². The molecule has 0 bridgehead atoms. The molecule has 5 N–H and O–H groups in total. The Balaban J connectivity index is 1.66. The number of ether oxygens (including phenoxy) is 2. The van der Waals surface area contributed by atoms with Crippen LogP contribution in [0, 0.1) is 0 Å². The Kier molecular flexibility index (Phi) is 6.39.